The van der Waals surface area contributed by atoms with Gasteiger partial charge in [0.2, 0.25) is 0 Å². The normalized spacial score (nSPS) is 15.0. The molecule has 1 aliphatic carbocycles. The molecule has 3 heteroatoms. The summed E-state index contributed by atoms with van der Waals surface area (Å²) in [4.78, 5) is 0. The third kappa shape index (κ3) is 3.69. The van der Waals surface area contributed by atoms with Crippen molar-refractivity contribution in [1.29, 1.82) is 0 Å². The number of benzene rings is 2. The van der Waals surface area contributed by atoms with Gasteiger partial charge in [-0.25, -0.2) is 0 Å². The molecule has 2 aromatic rings. The van der Waals surface area contributed by atoms with Crippen LogP contribution in [0.25, 0.3) is 0 Å². The Labute approximate surface area is 126 Å². The summed E-state index contributed by atoms with van der Waals surface area (Å²) in [5.41, 5.74) is 9.00. The van der Waals surface area contributed by atoms with Gasteiger partial charge in [0.05, 0.1) is 11.4 Å². The maximum atomic E-state index is 6.06. The van der Waals surface area contributed by atoms with Crippen LogP contribution in [-0.4, -0.2) is 6.04 Å². The molecule has 1 fully saturated rings. The van der Waals surface area contributed by atoms with Gasteiger partial charge in [0.15, 0.2) is 0 Å². The van der Waals surface area contributed by atoms with Crippen LogP contribution in [0.5, 0.6) is 5.75 Å². The molecule has 0 amide bonds. The largest absolute Gasteiger partial charge is 0.489 e. The van der Waals surface area contributed by atoms with Crippen molar-refractivity contribution in [3.8, 4) is 5.75 Å². The van der Waals surface area contributed by atoms with Gasteiger partial charge in [-0.1, -0.05) is 43.2 Å². The Balaban J connectivity index is 1.65. The lowest BCUT2D eigenvalue weighted by atomic mass is 10.2. The van der Waals surface area contributed by atoms with E-state index in [2.05, 4.69) is 17.4 Å². The van der Waals surface area contributed by atoms with E-state index in [0.29, 0.717) is 12.6 Å². The van der Waals surface area contributed by atoms with E-state index in [1.165, 1.54) is 31.2 Å². The lowest BCUT2D eigenvalue weighted by Crippen LogP contribution is -2.15. The van der Waals surface area contributed by atoms with Crippen molar-refractivity contribution in [3.05, 3.63) is 54.1 Å². The zero-order valence-corrected chi connectivity index (χ0v) is 12.2. The number of rotatable bonds is 5. The molecule has 0 aromatic heterocycles. The van der Waals surface area contributed by atoms with E-state index in [-0.39, 0.29) is 0 Å². The average molecular weight is 282 g/mol. The molecule has 0 bridgehead atoms. The summed E-state index contributed by atoms with van der Waals surface area (Å²) in [7, 11) is 0. The highest BCUT2D eigenvalue weighted by atomic mass is 16.5. The Morgan fingerprint density at radius 3 is 2.57 bits per heavy atom. The number of nitrogens with two attached hydrogens (primary N) is 1. The maximum Gasteiger partial charge on any atom is 0.122 e. The number of ether oxygens (including phenoxy) is 1. The quantitative estimate of drug-likeness (QED) is 0.808. The molecule has 3 N–H and O–H groups in total. The predicted octanol–water partition coefficient (Wildman–Crippen LogP) is 4.20. The number of anilines is 2. The van der Waals surface area contributed by atoms with Crippen LogP contribution in [0.15, 0.2) is 48.5 Å². The molecule has 3 nitrogen and oxygen atoms in total. The van der Waals surface area contributed by atoms with Crippen LogP contribution >= 0.6 is 0 Å². The van der Waals surface area contributed by atoms with Crippen molar-refractivity contribution in [2.75, 3.05) is 11.1 Å². The third-order valence-corrected chi connectivity index (χ3v) is 3.99. The van der Waals surface area contributed by atoms with Gasteiger partial charge in [0, 0.05) is 12.1 Å². The summed E-state index contributed by atoms with van der Waals surface area (Å²) in [5.74, 6) is 0.855. The highest BCUT2D eigenvalue weighted by Crippen LogP contribution is 2.29. The Hall–Kier alpha value is -2.16. The summed E-state index contributed by atoms with van der Waals surface area (Å²) in [6.07, 6.45) is 5.08. The number of hydrogen-bond donors (Lipinski definition) is 2. The fourth-order valence-electron chi connectivity index (χ4n) is 2.78. The van der Waals surface area contributed by atoms with Crippen molar-refractivity contribution in [3.63, 3.8) is 0 Å². The molecule has 1 aliphatic rings. The Morgan fingerprint density at radius 1 is 1.05 bits per heavy atom. The first-order chi connectivity index (χ1) is 10.3. The minimum atomic E-state index is 0.552. The second-order valence-electron chi connectivity index (χ2n) is 5.65. The molecule has 0 aliphatic heterocycles. The van der Waals surface area contributed by atoms with Gasteiger partial charge in [0.1, 0.15) is 12.4 Å². The van der Waals surface area contributed by atoms with Crippen molar-refractivity contribution < 1.29 is 4.74 Å². The van der Waals surface area contributed by atoms with Crippen molar-refractivity contribution in [2.45, 2.75) is 38.3 Å². The molecule has 0 unspecified atom stereocenters. The van der Waals surface area contributed by atoms with Crippen molar-refractivity contribution >= 4 is 11.4 Å². The first kappa shape index (κ1) is 13.8. The monoisotopic (exact) mass is 282 g/mol. The lowest BCUT2D eigenvalue weighted by molar-refractivity contribution is 0.306. The molecule has 0 atom stereocenters. The molecule has 0 radical (unpaired) electrons. The maximum absolute atomic E-state index is 6.06. The minimum absolute atomic E-state index is 0.552. The van der Waals surface area contributed by atoms with E-state index < -0.39 is 0 Å². The minimum Gasteiger partial charge on any atom is -0.489 e. The lowest BCUT2D eigenvalue weighted by Gasteiger charge is -2.16. The molecule has 1 saturated carbocycles. The zero-order valence-electron chi connectivity index (χ0n) is 12.2. The fourth-order valence-corrected chi connectivity index (χ4v) is 2.78. The SMILES string of the molecule is Nc1ccc(OCc2ccccc2)cc1NC1CCCC1. The van der Waals surface area contributed by atoms with Crippen molar-refractivity contribution in [2.24, 2.45) is 0 Å². The Bertz CT molecular complexity index is 577. The highest BCUT2D eigenvalue weighted by molar-refractivity contribution is 5.68. The van der Waals surface area contributed by atoms with Crippen LogP contribution in [0.4, 0.5) is 11.4 Å². The van der Waals surface area contributed by atoms with Gasteiger partial charge < -0.3 is 15.8 Å². The average Bonchev–Trinajstić information content (AvgIpc) is 3.02. The van der Waals surface area contributed by atoms with Crippen LogP contribution in [0.2, 0.25) is 0 Å². The van der Waals surface area contributed by atoms with Crippen LogP contribution in [-0.2, 0) is 6.61 Å². The smallest absolute Gasteiger partial charge is 0.122 e. The van der Waals surface area contributed by atoms with Crippen molar-refractivity contribution in [1.82, 2.24) is 0 Å². The van der Waals surface area contributed by atoms with E-state index in [1.807, 2.05) is 36.4 Å². The topological polar surface area (TPSA) is 47.3 Å². The molecule has 3 rings (SSSR count). The van der Waals surface area contributed by atoms with Crippen LogP contribution in [0.1, 0.15) is 31.2 Å². The van der Waals surface area contributed by atoms with Crippen LogP contribution in [0, 0.1) is 0 Å². The summed E-state index contributed by atoms with van der Waals surface area (Å²) < 4.78 is 5.86. The Morgan fingerprint density at radius 2 is 1.81 bits per heavy atom. The summed E-state index contributed by atoms with van der Waals surface area (Å²) in [6.45, 7) is 0.577. The van der Waals surface area contributed by atoms with Gasteiger partial charge in [-0.2, -0.15) is 0 Å². The first-order valence-corrected chi connectivity index (χ1v) is 7.64. The molecular weight excluding hydrogens is 260 g/mol. The third-order valence-electron chi connectivity index (χ3n) is 3.99. The van der Waals surface area contributed by atoms with Gasteiger partial charge in [-0.3, -0.25) is 0 Å². The molecule has 21 heavy (non-hydrogen) atoms. The summed E-state index contributed by atoms with van der Waals surface area (Å²) >= 11 is 0. The second-order valence-corrected chi connectivity index (χ2v) is 5.65. The highest BCUT2D eigenvalue weighted by Gasteiger charge is 2.15. The van der Waals surface area contributed by atoms with Gasteiger partial charge >= 0.3 is 0 Å². The van der Waals surface area contributed by atoms with E-state index >= 15 is 0 Å². The van der Waals surface area contributed by atoms with Gasteiger partial charge in [-0.05, 0) is 30.5 Å². The number of hydrogen-bond acceptors (Lipinski definition) is 3. The zero-order chi connectivity index (χ0) is 14.5. The summed E-state index contributed by atoms with van der Waals surface area (Å²) in [6, 6.07) is 16.6. The first-order valence-electron chi connectivity index (χ1n) is 7.64. The second kappa shape index (κ2) is 6.53. The predicted molar refractivity (Wildman–Crippen MR) is 87.5 cm³/mol. The fraction of sp³-hybridized carbons (Fsp3) is 0.333. The van der Waals surface area contributed by atoms with E-state index in [1.54, 1.807) is 0 Å². The van der Waals surface area contributed by atoms with Gasteiger partial charge in [-0.15, -0.1) is 0 Å². The molecular formula is C18H22N2O. The van der Waals surface area contributed by atoms with Crippen LogP contribution < -0.4 is 15.8 Å². The Kier molecular flexibility index (Phi) is 4.29. The molecule has 0 heterocycles. The van der Waals surface area contributed by atoms with E-state index in [4.69, 9.17) is 10.5 Å². The van der Waals surface area contributed by atoms with Crippen LogP contribution in [0.3, 0.4) is 0 Å². The number of nitrogens with one attached hydrogen (secondary N) is 1. The molecule has 0 spiro atoms. The van der Waals surface area contributed by atoms with E-state index in [9.17, 15) is 0 Å². The number of nitrogen functional groups attached to an aromatic ring is 1. The molecule has 0 saturated heterocycles. The molecule has 110 valence electrons. The summed E-state index contributed by atoms with van der Waals surface area (Å²) in [5, 5.41) is 3.54. The van der Waals surface area contributed by atoms with Gasteiger partial charge in [0.25, 0.3) is 0 Å². The van der Waals surface area contributed by atoms with E-state index in [0.717, 1.165) is 17.1 Å². The molecule has 2 aromatic carbocycles. The standard InChI is InChI=1S/C18H22N2O/c19-17-11-10-16(21-13-14-6-2-1-3-7-14)12-18(17)20-15-8-4-5-9-15/h1-3,6-7,10-12,15,20H,4-5,8-9,13,19H2.